The average Bonchev–Trinajstić information content (AvgIpc) is 2.75. The van der Waals surface area contributed by atoms with Gasteiger partial charge in [-0.3, -0.25) is 0 Å². The Bertz CT molecular complexity index is 1060. The third kappa shape index (κ3) is 4.09. The Morgan fingerprint density at radius 2 is 0.966 bits per heavy atom. The lowest BCUT2D eigenvalue weighted by Crippen LogP contribution is -2.37. The van der Waals surface area contributed by atoms with Crippen LogP contribution in [-0.4, -0.2) is 5.54 Å². The number of benzene rings is 4. The summed E-state index contributed by atoms with van der Waals surface area (Å²) in [6.07, 6.45) is 0. The van der Waals surface area contributed by atoms with E-state index < -0.39 is 0 Å². The van der Waals surface area contributed by atoms with Crippen molar-refractivity contribution in [1.82, 2.24) is 0 Å². The predicted octanol–water partition coefficient (Wildman–Crippen LogP) is 7.96. The average molecular weight is 378 g/mol. The zero-order chi connectivity index (χ0) is 20.3. The molecule has 0 heterocycles. The van der Waals surface area contributed by atoms with Crippen LogP contribution < -0.4 is 4.90 Å². The summed E-state index contributed by atoms with van der Waals surface area (Å²) in [5.74, 6) is 0. The van der Waals surface area contributed by atoms with Crippen LogP contribution in [0.2, 0.25) is 0 Å². The summed E-state index contributed by atoms with van der Waals surface area (Å²) in [6, 6.07) is 38.7. The summed E-state index contributed by atoms with van der Waals surface area (Å²) >= 11 is 0. The first kappa shape index (κ1) is 19.0. The zero-order valence-corrected chi connectivity index (χ0v) is 17.3. The molecule has 1 heteroatoms. The Morgan fingerprint density at radius 1 is 0.483 bits per heavy atom. The van der Waals surface area contributed by atoms with E-state index in [1.165, 1.54) is 33.6 Å². The van der Waals surface area contributed by atoms with Gasteiger partial charge >= 0.3 is 0 Å². The number of rotatable bonds is 4. The molecule has 0 saturated carbocycles. The SMILES string of the molecule is CC(C)(C)N(c1ccc(-c2ccccc2)cc1)c1ccccc1-c1ccccc1. The van der Waals surface area contributed by atoms with Crippen LogP contribution in [0.25, 0.3) is 22.3 Å². The minimum absolute atomic E-state index is 0.0703. The van der Waals surface area contributed by atoms with E-state index in [4.69, 9.17) is 0 Å². The van der Waals surface area contributed by atoms with Crippen molar-refractivity contribution >= 4 is 11.4 Å². The molecule has 0 aromatic heterocycles. The van der Waals surface area contributed by atoms with E-state index in [1.807, 2.05) is 0 Å². The van der Waals surface area contributed by atoms with Crippen molar-refractivity contribution in [3.05, 3.63) is 109 Å². The topological polar surface area (TPSA) is 3.24 Å². The number of hydrogen-bond acceptors (Lipinski definition) is 1. The summed E-state index contributed by atoms with van der Waals surface area (Å²) in [7, 11) is 0. The number of nitrogens with zero attached hydrogens (tertiary/aromatic N) is 1. The normalized spacial score (nSPS) is 11.3. The van der Waals surface area contributed by atoms with Crippen LogP contribution in [0.3, 0.4) is 0 Å². The zero-order valence-electron chi connectivity index (χ0n) is 17.3. The molecule has 0 spiro atoms. The van der Waals surface area contributed by atoms with Crippen molar-refractivity contribution < 1.29 is 0 Å². The molecule has 29 heavy (non-hydrogen) atoms. The van der Waals surface area contributed by atoms with Gasteiger partial charge in [-0.25, -0.2) is 0 Å². The minimum atomic E-state index is -0.0703. The summed E-state index contributed by atoms with van der Waals surface area (Å²) < 4.78 is 0. The van der Waals surface area contributed by atoms with Crippen molar-refractivity contribution in [2.75, 3.05) is 4.90 Å². The lowest BCUT2D eigenvalue weighted by atomic mass is 9.97. The molecule has 0 aliphatic rings. The monoisotopic (exact) mass is 377 g/mol. The highest BCUT2D eigenvalue weighted by molar-refractivity contribution is 5.83. The van der Waals surface area contributed by atoms with E-state index in [9.17, 15) is 0 Å². The molecule has 0 N–H and O–H groups in total. The molecule has 4 aromatic rings. The van der Waals surface area contributed by atoms with Crippen LogP contribution in [0.4, 0.5) is 11.4 Å². The second-order valence-corrected chi connectivity index (χ2v) is 8.30. The molecule has 0 aliphatic heterocycles. The van der Waals surface area contributed by atoms with Crippen LogP contribution in [0.5, 0.6) is 0 Å². The van der Waals surface area contributed by atoms with Gasteiger partial charge in [-0.1, -0.05) is 91.0 Å². The quantitative estimate of drug-likeness (QED) is 0.349. The highest BCUT2D eigenvalue weighted by Crippen LogP contribution is 2.40. The Balaban J connectivity index is 1.80. The third-order valence-electron chi connectivity index (χ3n) is 5.13. The van der Waals surface area contributed by atoms with Crippen LogP contribution >= 0.6 is 0 Å². The Kier molecular flexibility index (Phi) is 5.22. The van der Waals surface area contributed by atoms with Crippen molar-refractivity contribution in [3.63, 3.8) is 0 Å². The molecule has 0 amide bonds. The van der Waals surface area contributed by atoms with Gasteiger partial charge in [0.05, 0.1) is 0 Å². The second-order valence-electron chi connectivity index (χ2n) is 8.30. The van der Waals surface area contributed by atoms with E-state index in [1.54, 1.807) is 0 Å². The molecule has 4 rings (SSSR count). The van der Waals surface area contributed by atoms with Crippen LogP contribution in [0.1, 0.15) is 20.8 Å². The Morgan fingerprint density at radius 3 is 1.55 bits per heavy atom. The van der Waals surface area contributed by atoms with E-state index in [2.05, 4.69) is 135 Å². The van der Waals surface area contributed by atoms with E-state index in [0.717, 1.165) is 0 Å². The first-order valence-corrected chi connectivity index (χ1v) is 10.1. The molecular formula is C28H27N. The van der Waals surface area contributed by atoms with Gasteiger partial charge in [-0.15, -0.1) is 0 Å². The second kappa shape index (κ2) is 7.97. The lowest BCUT2D eigenvalue weighted by molar-refractivity contribution is 0.561. The highest BCUT2D eigenvalue weighted by atomic mass is 15.2. The Labute approximate surface area is 174 Å². The molecule has 4 aromatic carbocycles. The third-order valence-corrected chi connectivity index (χ3v) is 5.13. The van der Waals surface area contributed by atoms with Gasteiger partial charge in [0, 0.05) is 22.5 Å². The maximum Gasteiger partial charge on any atom is 0.0495 e. The first-order valence-electron chi connectivity index (χ1n) is 10.1. The molecule has 144 valence electrons. The van der Waals surface area contributed by atoms with E-state index in [0.29, 0.717) is 0 Å². The number of hydrogen-bond donors (Lipinski definition) is 0. The number of para-hydroxylation sites is 1. The fraction of sp³-hybridized carbons (Fsp3) is 0.143. The maximum atomic E-state index is 2.43. The van der Waals surface area contributed by atoms with Gasteiger partial charge in [-0.2, -0.15) is 0 Å². The van der Waals surface area contributed by atoms with Gasteiger partial charge in [0.15, 0.2) is 0 Å². The van der Waals surface area contributed by atoms with E-state index >= 15 is 0 Å². The van der Waals surface area contributed by atoms with Gasteiger partial charge in [0.1, 0.15) is 0 Å². The Hall–Kier alpha value is -3.32. The highest BCUT2D eigenvalue weighted by Gasteiger charge is 2.25. The van der Waals surface area contributed by atoms with Gasteiger partial charge < -0.3 is 4.90 Å². The van der Waals surface area contributed by atoms with E-state index in [-0.39, 0.29) is 5.54 Å². The summed E-state index contributed by atoms with van der Waals surface area (Å²) in [5, 5.41) is 0. The molecule has 0 radical (unpaired) electrons. The minimum Gasteiger partial charge on any atom is -0.336 e. The molecule has 0 unspecified atom stereocenters. The van der Waals surface area contributed by atoms with Crippen molar-refractivity contribution in [2.24, 2.45) is 0 Å². The smallest absolute Gasteiger partial charge is 0.0495 e. The predicted molar refractivity (Wildman–Crippen MR) is 126 cm³/mol. The lowest BCUT2D eigenvalue weighted by Gasteiger charge is -2.39. The van der Waals surface area contributed by atoms with Crippen molar-refractivity contribution in [2.45, 2.75) is 26.3 Å². The fourth-order valence-electron chi connectivity index (χ4n) is 3.85. The fourth-order valence-corrected chi connectivity index (χ4v) is 3.85. The molecular weight excluding hydrogens is 350 g/mol. The molecule has 0 aliphatic carbocycles. The van der Waals surface area contributed by atoms with Crippen molar-refractivity contribution in [1.29, 1.82) is 0 Å². The van der Waals surface area contributed by atoms with Crippen LogP contribution in [0.15, 0.2) is 109 Å². The van der Waals surface area contributed by atoms with Gasteiger partial charge in [0.25, 0.3) is 0 Å². The molecule has 1 nitrogen and oxygen atoms in total. The summed E-state index contributed by atoms with van der Waals surface area (Å²) in [4.78, 5) is 2.43. The first-order chi connectivity index (χ1) is 14.0. The summed E-state index contributed by atoms with van der Waals surface area (Å²) in [6.45, 7) is 6.79. The molecule has 0 bridgehead atoms. The molecule has 0 fully saturated rings. The van der Waals surface area contributed by atoms with Crippen LogP contribution in [-0.2, 0) is 0 Å². The molecule has 0 saturated heterocycles. The summed E-state index contributed by atoms with van der Waals surface area (Å²) in [5.41, 5.74) is 7.30. The molecule has 0 atom stereocenters. The van der Waals surface area contributed by atoms with Crippen LogP contribution in [0, 0.1) is 0 Å². The maximum absolute atomic E-state index is 2.43. The largest absolute Gasteiger partial charge is 0.336 e. The van der Waals surface area contributed by atoms with Gasteiger partial charge in [0.2, 0.25) is 0 Å². The van der Waals surface area contributed by atoms with Crippen molar-refractivity contribution in [3.8, 4) is 22.3 Å². The van der Waals surface area contributed by atoms with Gasteiger partial charge in [-0.05, 0) is 55.7 Å². The number of anilines is 2. The standard InChI is InChI=1S/C28H27N/c1-28(2,3)29(25-20-18-23(19-21-25)22-12-6-4-7-13-22)27-17-11-10-16-26(27)24-14-8-5-9-15-24/h4-21H,1-3H3.